The van der Waals surface area contributed by atoms with Gasteiger partial charge in [-0.2, -0.15) is 4.98 Å². The van der Waals surface area contributed by atoms with Gasteiger partial charge in [-0.25, -0.2) is 4.39 Å². The van der Waals surface area contributed by atoms with E-state index >= 15 is 0 Å². The predicted molar refractivity (Wildman–Crippen MR) is 81.6 cm³/mol. The molecule has 0 spiro atoms. The summed E-state index contributed by atoms with van der Waals surface area (Å²) in [6.07, 6.45) is 2.25. The highest BCUT2D eigenvalue weighted by atomic mass is 19.1. The fraction of sp³-hybridized carbons (Fsp3) is 0.562. The van der Waals surface area contributed by atoms with Crippen molar-refractivity contribution < 1.29 is 13.5 Å². The Morgan fingerprint density at radius 1 is 1.09 bits per heavy atom. The number of oxazole rings is 1. The van der Waals surface area contributed by atoms with E-state index in [-0.39, 0.29) is 5.82 Å². The molecule has 2 fully saturated rings. The molecule has 0 saturated carbocycles. The maximum Gasteiger partial charge on any atom is 0.298 e. The minimum absolute atomic E-state index is 0.292. The fourth-order valence-electron chi connectivity index (χ4n) is 3.35. The van der Waals surface area contributed by atoms with Crippen LogP contribution < -0.4 is 4.90 Å². The van der Waals surface area contributed by atoms with E-state index in [4.69, 9.17) is 9.15 Å². The molecule has 2 saturated heterocycles. The molecule has 0 aliphatic carbocycles. The van der Waals surface area contributed by atoms with Crippen LogP contribution in [0.1, 0.15) is 12.8 Å². The topological polar surface area (TPSA) is 41.7 Å². The Morgan fingerprint density at radius 2 is 1.86 bits per heavy atom. The van der Waals surface area contributed by atoms with Crippen LogP contribution in [0.3, 0.4) is 0 Å². The second-order valence-corrected chi connectivity index (χ2v) is 5.98. The van der Waals surface area contributed by atoms with Gasteiger partial charge in [-0.3, -0.25) is 4.90 Å². The van der Waals surface area contributed by atoms with Crippen LogP contribution in [-0.4, -0.2) is 55.3 Å². The van der Waals surface area contributed by atoms with Crippen molar-refractivity contribution in [2.24, 2.45) is 0 Å². The number of fused-ring (bicyclic) bond motifs is 1. The average molecular weight is 305 g/mol. The largest absolute Gasteiger partial charge is 0.423 e. The number of aromatic nitrogens is 1. The van der Waals surface area contributed by atoms with Gasteiger partial charge in [-0.1, -0.05) is 0 Å². The lowest BCUT2D eigenvalue weighted by Gasteiger charge is -2.40. The maximum absolute atomic E-state index is 13.2. The Balaban J connectivity index is 1.43. The third kappa shape index (κ3) is 2.68. The molecule has 2 aliphatic rings. The molecule has 2 aromatic rings. The molecule has 0 atom stereocenters. The zero-order valence-electron chi connectivity index (χ0n) is 12.5. The summed E-state index contributed by atoms with van der Waals surface area (Å²) in [4.78, 5) is 9.16. The Hall–Kier alpha value is -1.66. The van der Waals surface area contributed by atoms with Crippen LogP contribution in [0.15, 0.2) is 22.6 Å². The molecule has 1 aromatic carbocycles. The number of hydrogen-bond donors (Lipinski definition) is 0. The van der Waals surface area contributed by atoms with Crippen molar-refractivity contribution in [1.82, 2.24) is 9.88 Å². The first-order chi connectivity index (χ1) is 10.8. The minimum atomic E-state index is -0.292. The molecular weight excluding hydrogens is 285 g/mol. The predicted octanol–water partition coefficient (Wildman–Crippen LogP) is 2.27. The van der Waals surface area contributed by atoms with E-state index in [0.717, 1.165) is 52.2 Å². The molecule has 4 rings (SSSR count). The number of benzene rings is 1. The summed E-state index contributed by atoms with van der Waals surface area (Å²) >= 11 is 0. The van der Waals surface area contributed by atoms with E-state index < -0.39 is 0 Å². The summed E-state index contributed by atoms with van der Waals surface area (Å²) < 4.78 is 24.4. The normalized spacial score (nSPS) is 21.6. The zero-order valence-corrected chi connectivity index (χ0v) is 12.5. The van der Waals surface area contributed by atoms with Crippen LogP contribution in [-0.2, 0) is 4.74 Å². The van der Waals surface area contributed by atoms with Gasteiger partial charge >= 0.3 is 0 Å². The van der Waals surface area contributed by atoms with Gasteiger partial charge in [-0.15, -0.1) is 0 Å². The van der Waals surface area contributed by atoms with Gasteiger partial charge in [0.1, 0.15) is 11.3 Å². The zero-order chi connectivity index (χ0) is 14.9. The molecule has 2 aliphatic heterocycles. The Labute approximate surface area is 128 Å². The van der Waals surface area contributed by atoms with Crippen LogP contribution in [0.2, 0.25) is 0 Å². The Kier molecular flexibility index (Phi) is 3.72. The number of nitrogens with zero attached hydrogens (tertiary/aromatic N) is 3. The van der Waals surface area contributed by atoms with E-state index in [0.29, 0.717) is 23.2 Å². The smallest absolute Gasteiger partial charge is 0.298 e. The third-order valence-corrected chi connectivity index (χ3v) is 4.63. The lowest BCUT2D eigenvalue weighted by molar-refractivity contribution is 0.0318. The van der Waals surface area contributed by atoms with Gasteiger partial charge in [0.25, 0.3) is 6.01 Å². The van der Waals surface area contributed by atoms with Gasteiger partial charge in [0.2, 0.25) is 0 Å². The van der Waals surface area contributed by atoms with E-state index in [1.165, 1.54) is 12.1 Å². The van der Waals surface area contributed by atoms with E-state index in [1.54, 1.807) is 6.07 Å². The number of rotatable bonds is 2. The fourth-order valence-corrected chi connectivity index (χ4v) is 3.35. The molecule has 3 heterocycles. The van der Waals surface area contributed by atoms with Crippen LogP contribution in [0.25, 0.3) is 11.1 Å². The highest BCUT2D eigenvalue weighted by Crippen LogP contribution is 2.24. The first-order valence-corrected chi connectivity index (χ1v) is 7.92. The highest BCUT2D eigenvalue weighted by molar-refractivity contribution is 5.74. The molecule has 6 heteroatoms. The molecule has 0 radical (unpaired) electrons. The van der Waals surface area contributed by atoms with E-state index in [1.807, 2.05) is 0 Å². The molecule has 0 bridgehead atoms. The van der Waals surface area contributed by atoms with Crippen molar-refractivity contribution in [3.05, 3.63) is 24.0 Å². The molecule has 1 aromatic heterocycles. The van der Waals surface area contributed by atoms with Gasteiger partial charge in [0, 0.05) is 51.5 Å². The van der Waals surface area contributed by atoms with E-state index in [9.17, 15) is 4.39 Å². The number of halogens is 1. The number of ether oxygens (including phenoxy) is 1. The molecule has 118 valence electrons. The molecule has 22 heavy (non-hydrogen) atoms. The second kappa shape index (κ2) is 5.85. The minimum Gasteiger partial charge on any atom is -0.423 e. The quantitative estimate of drug-likeness (QED) is 0.851. The molecule has 0 N–H and O–H groups in total. The second-order valence-electron chi connectivity index (χ2n) is 5.98. The lowest BCUT2D eigenvalue weighted by Crippen LogP contribution is -2.51. The highest BCUT2D eigenvalue weighted by Gasteiger charge is 2.27. The summed E-state index contributed by atoms with van der Waals surface area (Å²) in [5.41, 5.74) is 1.23. The molecule has 0 amide bonds. The number of piperazine rings is 1. The van der Waals surface area contributed by atoms with Gasteiger partial charge < -0.3 is 14.1 Å². The summed E-state index contributed by atoms with van der Waals surface area (Å²) in [6.45, 7) is 5.57. The maximum atomic E-state index is 13.2. The number of hydrogen-bond acceptors (Lipinski definition) is 5. The van der Waals surface area contributed by atoms with Gasteiger partial charge in [0.05, 0.1) is 0 Å². The Morgan fingerprint density at radius 3 is 2.64 bits per heavy atom. The van der Waals surface area contributed by atoms with E-state index in [2.05, 4.69) is 14.8 Å². The lowest BCUT2D eigenvalue weighted by atomic mass is 10.1. The van der Waals surface area contributed by atoms with Crippen LogP contribution in [0.4, 0.5) is 10.4 Å². The van der Waals surface area contributed by atoms with Crippen molar-refractivity contribution in [3.63, 3.8) is 0 Å². The van der Waals surface area contributed by atoms with Crippen LogP contribution in [0, 0.1) is 5.82 Å². The van der Waals surface area contributed by atoms with Crippen molar-refractivity contribution in [1.29, 1.82) is 0 Å². The standard InChI is InChI=1S/C16H20FN3O2/c17-12-1-2-14-15(11-12)22-16(18-14)20-7-5-19(6-8-20)13-3-9-21-10-4-13/h1-2,11,13H,3-10H2. The van der Waals surface area contributed by atoms with Gasteiger partial charge in [-0.05, 0) is 25.0 Å². The molecule has 5 nitrogen and oxygen atoms in total. The van der Waals surface area contributed by atoms with Crippen LogP contribution >= 0.6 is 0 Å². The van der Waals surface area contributed by atoms with Crippen molar-refractivity contribution in [3.8, 4) is 0 Å². The SMILES string of the molecule is Fc1ccc2nc(N3CCN(C4CCOCC4)CC3)oc2c1. The summed E-state index contributed by atoms with van der Waals surface area (Å²) in [5, 5.41) is 0. The van der Waals surface area contributed by atoms with Crippen molar-refractivity contribution >= 4 is 17.1 Å². The Bertz CT molecular complexity index is 646. The van der Waals surface area contributed by atoms with Crippen molar-refractivity contribution in [2.75, 3.05) is 44.3 Å². The average Bonchev–Trinajstić information content (AvgIpc) is 2.99. The van der Waals surface area contributed by atoms with Crippen molar-refractivity contribution in [2.45, 2.75) is 18.9 Å². The van der Waals surface area contributed by atoms with Gasteiger partial charge in [0.15, 0.2) is 5.58 Å². The summed E-state index contributed by atoms with van der Waals surface area (Å²) in [5.74, 6) is -0.292. The van der Waals surface area contributed by atoms with Crippen LogP contribution in [0.5, 0.6) is 0 Å². The first-order valence-electron chi connectivity index (χ1n) is 7.92. The monoisotopic (exact) mass is 305 g/mol. The molecule has 0 unspecified atom stereocenters. The summed E-state index contributed by atoms with van der Waals surface area (Å²) in [7, 11) is 0. The number of anilines is 1. The first kappa shape index (κ1) is 14.0. The third-order valence-electron chi connectivity index (χ3n) is 4.63. The molecular formula is C16H20FN3O2. The summed E-state index contributed by atoms with van der Waals surface area (Å²) in [6, 6.07) is 5.72.